The quantitative estimate of drug-likeness (QED) is 0.706. The predicted octanol–water partition coefficient (Wildman–Crippen LogP) is 4.39. The van der Waals surface area contributed by atoms with Gasteiger partial charge in [-0.05, 0) is 18.1 Å². The molecule has 2 aromatic rings. The Kier molecular flexibility index (Phi) is 2.60. The van der Waals surface area contributed by atoms with Crippen molar-refractivity contribution in [3.8, 4) is 11.1 Å². The van der Waals surface area contributed by atoms with E-state index in [1.807, 2.05) is 6.92 Å². The molecule has 1 aromatic heterocycles. The predicted molar refractivity (Wildman–Crippen MR) is 83.0 cm³/mol. The molecular formula is C18H22N2. The van der Waals surface area contributed by atoms with Gasteiger partial charge in [-0.1, -0.05) is 58.9 Å². The SMILES string of the molecule is Cc1nc(C(C)(C)C)c2c(n1)C(C)(C)c1ccccc1-2. The Balaban J connectivity index is 2.44. The molecule has 2 nitrogen and oxygen atoms in total. The molecule has 0 unspecified atom stereocenters. The average Bonchev–Trinajstić information content (AvgIpc) is 2.57. The van der Waals surface area contributed by atoms with Crippen LogP contribution in [-0.2, 0) is 10.8 Å². The summed E-state index contributed by atoms with van der Waals surface area (Å²) in [4.78, 5) is 9.55. The number of hydrogen-bond acceptors (Lipinski definition) is 2. The van der Waals surface area contributed by atoms with Gasteiger partial charge in [0.2, 0.25) is 0 Å². The monoisotopic (exact) mass is 266 g/mol. The third kappa shape index (κ3) is 1.71. The summed E-state index contributed by atoms with van der Waals surface area (Å²) in [6, 6.07) is 8.65. The summed E-state index contributed by atoms with van der Waals surface area (Å²) in [6.07, 6.45) is 0. The first-order valence-electron chi connectivity index (χ1n) is 7.22. The zero-order valence-electron chi connectivity index (χ0n) is 13.2. The molecule has 2 heteroatoms. The molecule has 1 aromatic carbocycles. The van der Waals surface area contributed by atoms with E-state index in [0.29, 0.717) is 0 Å². The van der Waals surface area contributed by atoms with Gasteiger partial charge in [-0.15, -0.1) is 0 Å². The van der Waals surface area contributed by atoms with Crippen LogP contribution in [0.3, 0.4) is 0 Å². The first-order valence-corrected chi connectivity index (χ1v) is 7.22. The molecule has 0 spiro atoms. The van der Waals surface area contributed by atoms with Gasteiger partial charge < -0.3 is 0 Å². The molecule has 20 heavy (non-hydrogen) atoms. The lowest BCUT2D eigenvalue weighted by molar-refractivity contribution is 0.558. The third-order valence-corrected chi connectivity index (χ3v) is 4.19. The topological polar surface area (TPSA) is 25.8 Å². The molecule has 0 atom stereocenters. The van der Waals surface area contributed by atoms with Crippen molar-refractivity contribution in [2.24, 2.45) is 0 Å². The van der Waals surface area contributed by atoms with Crippen LogP contribution in [0.2, 0.25) is 0 Å². The molecule has 1 aliphatic carbocycles. The minimum Gasteiger partial charge on any atom is -0.237 e. The Labute approximate surface area is 121 Å². The summed E-state index contributed by atoms with van der Waals surface area (Å²) in [5.41, 5.74) is 6.24. The fourth-order valence-electron chi connectivity index (χ4n) is 3.20. The fraction of sp³-hybridized carbons (Fsp3) is 0.444. The Bertz CT molecular complexity index is 691. The third-order valence-electron chi connectivity index (χ3n) is 4.19. The van der Waals surface area contributed by atoms with Gasteiger partial charge in [0.25, 0.3) is 0 Å². The highest BCUT2D eigenvalue weighted by Crippen LogP contribution is 2.50. The molecule has 0 saturated carbocycles. The Morgan fingerprint density at radius 1 is 1.00 bits per heavy atom. The number of benzene rings is 1. The highest BCUT2D eigenvalue weighted by molar-refractivity contribution is 5.81. The van der Waals surface area contributed by atoms with E-state index < -0.39 is 0 Å². The van der Waals surface area contributed by atoms with Crippen LogP contribution in [0, 0.1) is 6.92 Å². The number of nitrogens with zero attached hydrogens (tertiary/aromatic N) is 2. The highest BCUT2D eigenvalue weighted by atomic mass is 14.9. The zero-order chi connectivity index (χ0) is 14.7. The van der Waals surface area contributed by atoms with Gasteiger partial charge in [-0.3, -0.25) is 0 Å². The van der Waals surface area contributed by atoms with E-state index in [2.05, 4.69) is 58.9 Å². The highest BCUT2D eigenvalue weighted by Gasteiger charge is 2.40. The van der Waals surface area contributed by atoms with Crippen molar-refractivity contribution in [3.05, 3.63) is 47.0 Å². The summed E-state index contributed by atoms with van der Waals surface area (Å²) in [5.74, 6) is 0.870. The van der Waals surface area contributed by atoms with Crippen LogP contribution in [0.15, 0.2) is 24.3 Å². The summed E-state index contributed by atoms with van der Waals surface area (Å²) < 4.78 is 0. The molecule has 0 radical (unpaired) electrons. The van der Waals surface area contributed by atoms with Crippen LogP contribution in [-0.4, -0.2) is 9.97 Å². The molecule has 0 fully saturated rings. The van der Waals surface area contributed by atoms with Crippen LogP contribution in [0.1, 0.15) is 57.4 Å². The van der Waals surface area contributed by atoms with Gasteiger partial charge in [-0.2, -0.15) is 0 Å². The molecule has 3 rings (SSSR count). The van der Waals surface area contributed by atoms with Gasteiger partial charge in [0.1, 0.15) is 5.82 Å². The van der Waals surface area contributed by atoms with Crippen LogP contribution in [0.25, 0.3) is 11.1 Å². The molecule has 104 valence electrons. The first-order chi connectivity index (χ1) is 9.23. The zero-order valence-corrected chi connectivity index (χ0v) is 13.2. The van der Waals surface area contributed by atoms with E-state index in [4.69, 9.17) is 9.97 Å². The molecule has 0 N–H and O–H groups in total. The number of fused-ring (bicyclic) bond motifs is 3. The maximum absolute atomic E-state index is 4.78. The lowest BCUT2D eigenvalue weighted by Crippen LogP contribution is -2.21. The number of hydrogen-bond donors (Lipinski definition) is 0. The minimum atomic E-state index is -0.0420. The Hall–Kier alpha value is -1.70. The minimum absolute atomic E-state index is 0.0192. The maximum Gasteiger partial charge on any atom is 0.125 e. The van der Waals surface area contributed by atoms with Crippen molar-refractivity contribution < 1.29 is 0 Å². The van der Waals surface area contributed by atoms with Gasteiger partial charge in [0.15, 0.2) is 0 Å². The van der Waals surface area contributed by atoms with Gasteiger partial charge in [0.05, 0.1) is 11.4 Å². The second kappa shape index (κ2) is 3.91. The standard InChI is InChI=1S/C18H22N2/c1-11-19-15(17(2,3)4)14-12-9-7-8-10-13(12)18(5,6)16(14)20-11/h7-10H,1-6H3. The lowest BCUT2D eigenvalue weighted by Gasteiger charge is -2.24. The average molecular weight is 266 g/mol. The number of aryl methyl sites for hydroxylation is 1. The largest absolute Gasteiger partial charge is 0.237 e. The first kappa shape index (κ1) is 13.3. The summed E-state index contributed by atoms with van der Waals surface area (Å²) in [7, 11) is 0. The smallest absolute Gasteiger partial charge is 0.125 e. The fourth-order valence-corrected chi connectivity index (χ4v) is 3.20. The van der Waals surface area contributed by atoms with Gasteiger partial charge in [0, 0.05) is 16.4 Å². The van der Waals surface area contributed by atoms with Crippen LogP contribution in [0.5, 0.6) is 0 Å². The molecule has 0 bridgehead atoms. The summed E-state index contributed by atoms with van der Waals surface area (Å²) in [5, 5.41) is 0. The molecule has 0 amide bonds. The van der Waals surface area contributed by atoms with E-state index in [0.717, 1.165) is 11.5 Å². The van der Waals surface area contributed by atoms with Crippen LogP contribution >= 0.6 is 0 Å². The Morgan fingerprint density at radius 3 is 2.30 bits per heavy atom. The maximum atomic E-state index is 4.78. The molecule has 1 heterocycles. The second-order valence-electron chi connectivity index (χ2n) is 7.26. The molecule has 1 aliphatic rings. The van der Waals surface area contributed by atoms with E-state index >= 15 is 0 Å². The van der Waals surface area contributed by atoms with Crippen molar-refractivity contribution in [2.45, 2.75) is 52.4 Å². The van der Waals surface area contributed by atoms with E-state index in [1.54, 1.807) is 0 Å². The molecule has 0 saturated heterocycles. The van der Waals surface area contributed by atoms with Crippen molar-refractivity contribution >= 4 is 0 Å². The lowest BCUT2D eigenvalue weighted by atomic mass is 9.84. The van der Waals surface area contributed by atoms with Gasteiger partial charge in [-0.25, -0.2) is 9.97 Å². The van der Waals surface area contributed by atoms with Crippen molar-refractivity contribution in [1.29, 1.82) is 0 Å². The van der Waals surface area contributed by atoms with Crippen LogP contribution < -0.4 is 0 Å². The van der Waals surface area contributed by atoms with E-state index in [-0.39, 0.29) is 10.8 Å². The summed E-state index contributed by atoms with van der Waals surface area (Å²) >= 11 is 0. The molecule has 0 aliphatic heterocycles. The van der Waals surface area contributed by atoms with E-state index in [9.17, 15) is 0 Å². The Morgan fingerprint density at radius 2 is 1.65 bits per heavy atom. The van der Waals surface area contributed by atoms with Crippen molar-refractivity contribution in [2.75, 3.05) is 0 Å². The normalized spacial score (nSPS) is 15.9. The number of aromatic nitrogens is 2. The van der Waals surface area contributed by atoms with Crippen LogP contribution in [0.4, 0.5) is 0 Å². The van der Waals surface area contributed by atoms with Crippen molar-refractivity contribution in [1.82, 2.24) is 9.97 Å². The number of rotatable bonds is 0. The van der Waals surface area contributed by atoms with Crippen molar-refractivity contribution in [3.63, 3.8) is 0 Å². The second-order valence-corrected chi connectivity index (χ2v) is 7.26. The van der Waals surface area contributed by atoms with E-state index in [1.165, 1.54) is 22.4 Å². The van der Waals surface area contributed by atoms with Gasteiger partial charge >= 0.3 is 0 Å². The molecular weight excluding hydrogens is 244 g/mol. The summed E-state index contributed by atoms with van der Waals surface area (Å²) in [6.45, 7) is 13.2.